The SMILES string of the molecule is CCOc1ccccc1NC(=O)c1ccc(OC(C)C)cc1. The molecule has 0 spiro atoms. The molecule has 0 atom stereocenters. The van der Waals surface area contributed by atoms with Crippen molar-refractivity contribution >= 4 is 11.6 Å². The van der Waals surface area contributed by atoms with Gasteiger partial charge in [-0.15, -0.1) is 0 Å². The summed E-state index contributed by atoms with van der Waals surface area (Å²) in [5, 5.41) is 2.87. The van der Waals surface area contributed by atoms with Crippen molar-refractivity contribution in [1.82, 2.24) is 0 Å². The van der Waals surface area contributed by atoms with Crippen molar-refractivity contribution < 1.29 is 14.3 Å². The van der Waals surface area contributed by atoms with Crippen LogP contribution in [0.15, 0.2) is 48.5 Å². The van der Waals surface area contributed by atoms with Crippen molar-refractivity contribution in [3.8, 4) is 11.5 Å². The number of hydrogen-bond acceptors (Lipinski definition) is 3. The van der Waals surface area contributed by atoms with E-state index < -0.39 is 0 Å². The Kier molecular flexibility index (Phi) is 5.42. The van der Waals surface area contributed by atoms with Crippen molar-refractivity contribution in [2.24, 2.45) is 0 Å². The Bertz CT molecular complexity index is 620. The number of carbonyl (C=O) groups excluding carboxylic acids is 1. The first-order valence-electron chi connectivity index (χ1n) is 7.40. The molecule has 116 valence electrons. The van der Waals surface area contributed by atoms with Gasteiger partial charge in [-0.3, -0.25) is 4.79 Å². The van der Waals surface area contributed by atoms with Gasteiger partial charge in [-0.2, -0.15) is 0 Å². The number of benzene rings is 2. The molecule has 0 radical (unpaired) electrons. The second kappa shape index (κ2) is 7.50. The van der Waals surface area contributed by atoms with Crippen LogP contribution in [0.4, 0.5) is 5.69 Å². The second-order valence-corrected chi connectivity index (χ2v) is 5.07. The number of para-hydroxylation sites is 2. The van der Waals surface area contributed by atoms with Gasteiger partial charge in [0.05, 0.1) is 18.4 Å². The van der Waals surface area contributed by atoms with Crippen LogP contribution < -0.4 is 14.8 Å². The zero-order valence-corrected chi connectivity index (χ0v) is 13.1. The van der Waals surface area contributed by atoms with E-state index in [0.717, 1.165) is 5.75 Å². The van der Waals surface area contributed by atoms with E-state index in [4.69, 9.17) is 9.47 Å². The molecule has 0 aliphatic carbocycles. The van der Waals surface area contributed by atoms with E-state index in [9.17, 15) is 4.79 Å². The summed E-state index contributed by atoms with van der Waals surface area (Å²) in [4.78, 5) is 12.3. The Morgan fingerprint density at radius 1 is 1.09 bits per heavy atom. The van der Waals surface area contributed by atoms with Gasteiger partial charge in [0.2, 0.25) is 0 Å². The molecule has 0 unspecified atom stereocenters. The Morgan fingerprint density at radius 3 is 2.41 bits per heavy atom. The van der Waals surface area contributed by atoms with E-state index >= 15 is 0 Å². The summed E-state index contributed by atoms with van der Waals surface area (Å²) in [6.07, 6.45) is 0.109. The minimum atomic E-state index is -0.178. The molecular formula is C18H21NO3. The molecule has 2 aromatic carbocycles. The van der Waals surface area contributed by atoms with Crippen molar-refractivity contribution in [2.75, 3.05) is 11.9 Å². The standard InChI is InChI=1S/C18H21NO3/c1-4-21-17-8-6-5-7-16(17)19-18(20)14-9-11-15(12-10-14)22-13(2)3/h5-13H,4H2,1-3H3,(H,19,20). The maximum Gasteiger partial charge on any atom is 0.255 e. The molecule has 0 bridgehead atoms. The highest BCUT2D eigenvalue weighted by Gasteiger charge is 2.10. The van der Waals surface area contributed by atoms with Gasteiger partial charge in [-0.05, 0) is 57.2 Å². The summed E-state index contributed by atoms with van der Waals surface area (Å²) in [7, 11) is 0. The molecule has 1 N–H and O–H groups in total. The molecule has 4 heteroatoms. The molecule has 22 heavy (non-hydrogen) atoms. The number of ether oxygens (including phenoxy) is 2. The van der Waals surface area contributed by atoms with Gasteiger partial charge in [0, 0.05) is 5.56 Å². The molecule has 0 saturated heterocycles. The Hall–Kier alpha value is -2.49. The van der Waals surface area contributed by atoms with Gasteiger partial charge in [0.15, 0.2) is 0 Å². The van der Waals surface area contributed by atoms with E-state index in [1.165, 1.54) is 0 Å². The first-order chi connectivity index (χ1) is 10.6. The van der Waals surface area contributed by atoms with E-state index in [1.54, 1.807) is 24.3 Å². The molecule has 0 aliphatic rings. The van der Waals surface area contributed by atoms with Crippen LogP contribution >= 0.6 is 0 Å². The number of nitrogens with one attached hydrogen (secondary N) is 1. The highest BCUT2D eigenvalue weighted by Crippen LogP contribution is 2.24. The third kappa shape index (κ3) is 4.25. The Balaban J connectivity index is 2.09. The number of anilines is 1. The van der Waals surface area contributed by atoms with Crippen LogP contribution in [0.1, 0.15) is 31.1 Å². The maximum atomic E-state index is 12.3. The van der Waals surface area contributed by atoms with Gasteiger partial charge in [-0.1, -0.05) is 12.1 Å². The average Bonchev–Trinajstić information content (AvgIpc) is 2.49. The summed E-state index contributed by atoms with van der Waals surface area (Å²) in [6, 6.07) is 14.5. The third-order valence-corrected chi connectivity index (χ3v) is 2.92. The smallest absolute Gasteiger partial charge is 0.255 e. The van der Waals surface area contributed by atoms with E-state index in [-0.39, 0.29) is 12.0 Å². The van der Waals surface area contributed by atoms with E-state index in [2.05, 4.69) is 5.32 Å². The topological polar surface area (TPSA) is 47.6 Å². The fourth-order valence-corrected chi connectivity index (χ4v) is 2.00. The largest absolute Gasteiger partial charge is 0.492 e. The maximum absolute atomic E-state index is 12.3. The third-order valence-electron chi connectivity index (χ3n) is 2.92. The molecule has 0 fully saturated rings. The molecule has 0 saturated carbocycles. The minimum absolute atomic E-state index is 0.109. The van der Waals surface area contributed by atoms with E-state index in [1.807, 2.05) is 45.0 Å². The highest BCUT2D eigenvalue weighted by atomic mass is 16.5. The average molecular weight is 299 g/mol. The zero-order valence-electron chi connectivity index (χ0n) is 13.1. The van der Waals surface area contributed by atoms with Crippen molar-refractivity contribution in [3.05, 3.63) is 54.1 Å². The molecule has 2 aromatic rings. The van der Waals surface area contributed by atoms with Gasteiger partial charge in [0.1, 0.15) is 11.5 Å². The van der Waals surface area contributed by atoms with Crippen LogP contribution in [-0.4, -0.2) is 18.6 Å². The van der Waals surface area contributed by atoms with Crippen LogP contribution in [0.25, 0.3) is 0 Å². The fraction of sp³-hybridized carbons (Fsp3) is 0.278. The second-order valence-electron chi connectivity index (χ2n) is 5.07. The number of hydrogen-bond donors (Lipinski definition) is 1. The van der Waals surface area contributed by atoms with Gasteiger partial charge < -0.3 is 14.8 Å². The van der Waals surface area contributed by atoms with Gasteiger partial charge in [0.25, 0.3) is 5.91 Å². The quantitative estimate of drug-likeness (QED) is 0.872. The summed E-state index contributed by atoms with van der Waals surface area (Å²) in [5.41, 5.74) is 1.24. The lowest BCUT2D eigenvalue weighted by Crippen LogP contribution is -2.13. The summed E-state index contributed by atoms with van der Waals surface area (Å²) >= 11 is 0. The first-order valence-corrected chi connectivity index (χ1v) is 7.40. The van der Waals surface area contributed by atoms with Crippen molar-refractivity contribution in [3.63, 3.8) is 0 Å². The van der Waals surface area contributed by atoms with Crippen LogP contribution in [0.3, 0.4) is 0 Å². The lowest BCUT2D eigenvalue weighted by atomic mass is 10.2. The summed E-state index contributed by atoms with van der Waals surface area (Å²) in [6.45, 7) is 6.39. The van der Waals surface area contributed by atoms with Gasteiger partial charge in [-0.25, -0.2) is 0 Å². The zero-order chi connectivity index (χ0) is 15.9. The van der Waals surface area contributed by atoms with Crippen LogP contribution in [0, 0.1) is 0 Å². The molecule has 0 heterocycles. The Morgan fingerprint density at radius 2 is 1.77 bits per heavy atom. The molecule has 0 aliphatic heterocycles. The number of amides is 1. The van der Waals surface area contributed by atoms with Crippen LogP contribution in [-0.2, 0) is 0 Å². The van der Waals surface area contributed by atoms with Crippen molar-refractivity contribution in [1.29, 1.82) is 0 Å². The van der Waals surface area contributed by atoms with Crippen molar-refractivity contribution in [2.45, 2.75) is 26.9 Å². The number of carbonyl (C=O) groups is 1. The molecule has 2 rings (SSSR count). The lowest BCUT2D eigenvalue weighted by Gasteiger charge is -2.12. The van der Waals surface area contributed by atoms with E-state index in [0.29, 0.717) is 23.6 Å². The lowest BCUT2D eigenvalue weighted by molar-refractivity contribution is 0.102. The summed E-state index contributed by atoms with van der Waals surface area (Å²) < 4.78 is 11.1. The predicted octanol–water partition coefficient (Wildman–Crippen LogP) is 4.12. The molecular weight excluding hydrogens is 278 g/mol. The molecule has 4 nitrogen and oxygen atoms in total. The normalized spacial score (nSPS) is 10.4. The van der Waals surface area contributed by atoms with Crippen LogP contribution in [0.2, 0.25) is 0 Å². The van der Waals surface area contributed by atoms with Crippen LogP contribution in [0.5, 0.6) is 11.5 Å². The first kappa shape index (κ1) is 15.9. The number of rotatable bonds is 6. The molecule has 0 aromatic heterocycles. The monoisotopic (exact) mass is 299 g/mol. The summed E-state index contributed by atoms with van der Waals surface area (Å²) in [5.74, 6) is 1.24. The predicted molar refractivity (Wildman–Crippen MR) is 87.8 cm³/mol. The minimum Gasteiger partial charge on any atom is -0.492 e. The Labute approximate surface area is 131 Å². The fourth-order valence-electron chi connectivity index (χ4n) is 2.00. The van der Waals surface area contributed by atoms with Gasteiger partial charge >= 0.3 is 0 Å². The highest BCUT2D eigenvalue weighted by molar-refractivity contribution is 6.05. The molecule has 1 amide bonds.